The number of carbonyl (C=O) groups excluding carboxylic acids is 1. The topological polar surface area (TPSA) is 57.3 Å². The summed E-state index contributed by atoms with van der Waals surface area (Å²) in [4.78, 5) is 19.0. The summed E-state index contributed by atoms with van der Waals surface area (Å²) < 4.78 is 0. The van der Waals surface area contributed by atoms with Gasteiger partial charge in [0.1, 0.15) is 5.01 Å². The van der Waals surface area contributed by atoms with Crippen molar-refractivity contribution in [2.75, 3.05) is 13.1 Å². The summed E-state index contributed by atoms with van der Waals surface area (Å²) in [6.45, 7) is 6.09. The van der Waals surface area contributed by atoms with Crippen LogP contribution in [0.1, 0.15) is 50.6 Å². The van der Waals surface area contributed by atoms with Crippen molar-refractivity contribution in [1.82, 2.24) is 20.5 Å². The van der Waals surface area contributed by atoms with Gasteiger partial charge in [-0.3, -0.25) is 4.90 Å². The zero-order chi connectivity index (χ0) is 15.5. The Bertz CT molecular complexity index is 480. The van der Waals surface area contributed by atoms with Crippen molar-refractivity contribution in [3.63, 3.8) is 0 Å². The van der Waals surface area contributed by atoms with E-state index in [0.717, 1.165) is 17.6 Å². The first-order valence-corrected chi connectivity index (χ1v) is 9.22. The molecule has 1 atom stereocenters. The highest BCUT2D eigenvalue weighted by Gasteiger charge is 2.35. The maximum atomic E-state index is 12.2. The third-order valence-corrected chi connectivity index (χ3v) is 5.29. The van der Waals surface area contributed by atoms with Crippen LogP contribution in [0.5, 0.6) is 0 Å². The fraction of sp³-hybridized carbons (Fsp3) is 0.750. The van der Waals surface area contributed by atoms with E-state index in [1.54, 1.807) is 11.3 Å². The van der Waals surface area contributed by atoms with Crippen molar-refractivity contribution in [1.29, 1.82) is 0 Å². The molecule has 0 saturated heterocycles. The molecule has 0 bridgehead atoms. The Morgan fingerprint density at radius 1 is 1.41 bits per heavy atom. The predicted octanol–water partition coefficient (Wildman–Crippen LogP) is 2.77. The number of nitrogens with zero attached hydrogens (tertiary/aromatic N) is 2. The summed E-state index contributed by atoms with van der Waals surface area (Å²) in [5, 5.41) is 9.12. The number of hydrogen-bond donors (Lipinski definition) is 2. The lowest BCUT2D eigenvalue weighted by Crippen LogP contribution is -2.44. The Kier molecular flexibility index (Phi) is 4.98. The second-order valence-electron chi connectivity index (χ2n) is 6.65. The van der Waals surface area contributed by atoms with Crippen LogP contribution in [-0.2, 0) is 0 Å². The molecule has 1 aromatic heterocycles. The van der Waals surface area contributed by atoms with Crippen LogP contribution >= 0.6 is 11.3 Å². The molecule has 2 N–H and O–H groups in total. The third kappa shape index (κ3) is 4.20. The van der Waals surface area contributed by atoms with Crippen molar-refractivity contribution in [2.24, 2.45) is 5.92 Å². The lowest BCUT2D eigenvalue weighted by molar-refractivity contribution is 0.206. The Labute approximate surface area is 136 Å². The SMILES string of the molecule is CC(C)N(CCNC(=O)N[C@H](c1nccs1)C1CC1)C1CC1. The molecule has 2 fully saturated rings. The van der Waals surface area contributed by atoms with Gasteiger partial charge in [-0.2, -0.15) is 0 Å². The smallest absolute Gasteiger partial charge is 0.315 e. The number of amides is 2. The molecule has 1 aromatic rings. The number of rotatable bonds is 8. The third-order valence-electron chi connectivity index (χ3n) is 4.43. The first-order chi connectivity index (χ1) is 10.6. The van der Waals surface area contributed by atoms with Gasteiger partial charge in [-0.15, -0.1) is 11.3 Å². The summed E-state index contributed by atoms with van der Waals surface area (Å²) in [5.41, 5.74) is 0. The quantitative estimate of drug-likeness (QED) is 0.774. The second kappa shape index (κ2) is 6.96. The van der Waals surface area contributed by atoms with Gasteiger partial charge in [0.25, 0.3) is 0 Å². The lowest BCUT2D eigenvalue weighted by atomic mass is 10.2. The van der Waals surface area contributed by atoms with Gasteiger partial charge in [-0.25, -0.2) is 9.78 Å². The van der Waals surface area contributed by atoms with Crippen LogP contribution in [0.25, 0.3) is 0 Å². The van der Waals surface area contributed by atoms with E-state index in [0.29, 0.717) is 18.5 Å². The maximum absolute atomic E-state index is 12.2. The van der Waals surface area contributed by atoms with Crippen LogP contribution in [-0.4, -0.2) is 41.1 Å². The Balaban J connectivity index is 1.43. The maximum Gasteiger partial charge on any atom is 0.315 e. The van der Waals surface area contributed by atoms with E-state index in [4.69, 9.17) is 0 Å². The second-order valence-corrected chi connectivity index (χ2v) is 7.57. The number of carbonyl (C=O) groups is 1. The minimum atomic E-state index is -0.0633. The van der Waals surface area contributed by atoms with Crippen LogP contribution in [0.3, 0.4) is 0 Å². The van der Waals surface area contributed by atoms with Crippen LogP contribution in [0.2, 0.25) is 0 Å². The Morgan fingerprint density at radius 2 is 2.18 bits per heavy atom. The lowest BCUT2D eigenvalue weighted by Gasteiger charge is -2.26. The van der Waals surface area contributed by atoms with Gasteiger partial charge in [0.2, 0.25) is 0 Å². The van der Waals surface area contributed by atoms with Crippen LogP contribution in [0.15, 0.2) is 11.6 Å². The predicted molar refractivity (Wildman–Crippen MR) is 89.0 cm³/mol. The fourth-order valence-corrected chi connectivity index (χ4v) is 3.74. The molecule has 6 heteroatoms. The van der Waals surface area contributed by atoms with Gasteiger partial charge >= 0.3 is 6.03 Å². The molecular weight excluding hydrogens is 296 g/mol. The molecule has 2 amide bonds. The van der Waals surface area contributed by atoms with Crippen LogP contribution < -0.4 is 10.6 Å². The zero-order valence-corrected chi connectivity index (χ0v) is 14.2. The first-order valence-electron chi connectivity index (χ1n) is 8.34. The number of aromatic nitrogens is 1. The van der Waals surface area contributed by atoms with Gasteiger partial charge in [0, 0.05) is 36.8 Å². The highest BCUT2D eigenvalue weighted by molar-refractivity contribution is 7.09. The van der Waals surface area contributed by atoms with Gasteiger partial charge in [-0.05, 0) is 45.4 Å². The molecule has 0 aliphatic heterocycles. The van der Waals surface area contributed by atoms with Crippen molar-refractivity contribution in [3.05, 3.63) is 16.6 Å². The van der Waals surface area contributed by atoms with E-state index in [-0.39, 0.29) is 12.1 Å². The molecule has 2 saturated carbocycles. The summed E-state index contributed by atoms with van der Waals surface area (Å²) in [7, 11) is 0. The molecule has 3 rings (SSSR count). The number of hydrogen-bond acceptors (Lipinski definition) is 4. The Hall–Kier alpha value is -1.14. The molecule has 0 aromatic carbocycles. The van der Waals surface area contributed by atoms with E-state index >= 15 is 0 Å². The molecule has 2 aliphatic carbocycles. The zero-order valence-electron chi connectivity index (χ0n) is 13.4. The standard InChI is InChI=1S/C16H26N4OS/c1-11(2)20(13-5-6-13)9-7-18-16(21)19-14(12-3-4-12)15-17-8-10-22-15/h8,10-14H,3-7,9H2,1-2H3,(H2,18,19,21)/t14-/m0/s1. The summed E-state index contributed by atoms with van der Waals surface area (Å²) in [6, 6.07) is 1.31. The molecule has 1 heterocycles. The van der Waals surface area contributed by atoms with E-state index < -0.39 is 0 Å². The monoisotopic (exact) mass is 322 g/mol. The van der Waals surface area contributed by atoms with Crippen LogP contribution in [0, 0.1) is 5.92 Å². The van der Waals surface area contributed by atoms with Crippen molar-refractivity contribution >= 4 is 17.4 Å². The number of urea groups is 1. The molecule has 0 radical (unpaired) electrons. The van der Waals surface area contributed by atoms with Gasteiger partial charge in [0.15, 0.2) is 0 Å². The average Bonchev–Trinajstić information content (AvgIpc) is 3.40. The molecule has 0 unspecified atom stereocenters. The van der Waals surface area contributed by atoms with Crippen LogP contribution in [0.4, 0.5) is 4.79 Å². The fourth-order valence-electron chi connectivity index (χ4n) is 2.96. The molecule has 0 spiro atoms. The number of nitrogens with one attached hydrogen (secondary N) is 2. The summed E-state index contributed by atoms with van der Waals surface area (Å²) >= 11 is 1.62. The van der Waals surface area contributed by atoms with Crippen molar-refractivity contribution in [3.8, 4) is 0 Å². The van der Waals surface area contributed by atoms with E-state index in [1.807, 2.05) is 11.6 Å². The average molecular weight is 322 g/mol. The number of thiazole rings is 1. The first kappa shape index (κ1) is 15.7. The summed E-state index contributed by atoms with van der Waals surface area (Å²) in [6.07, 6.45) is 6.79. The minimum Gasteiger partial charge on any atom is -0.337 e. The molecule has 122 valence electrons. The normalized spacial score (nSPS) is 19.5. The highest BCUT2D eigenvalue weighted by Crippen LogP contribution is 2.41. The summed E-state index contributed by atoms with van der Waals surface area (Å²) in [5.74, 6) is 0.565. The Morgan fingerprint density at radius 3 is 2.73 bits per heavy atom. The van der Waals surface area contributed by atoms with E-state index in [1.165, 1.54) is 25.7 Å². The largest absolute Gasteiger partial charge is 0.337 e. The minimum absolute atomic E-state index is 0.0633. The van der Waals surface area contributed by atoms with E-state index in [9.17, 15) is 4.79 Å². The van der Waals surface area contributed by atoms with Crippen molar-refractivity contribution in [2.45, 2.75) is 57.7 Å². The molecule has 5 nitrogen and oxygen atoms in total. The van der Waals surface area contributed by atoms with Gasteiger partial charge < -0.3 is 10.6 Å². The molecular formula is C16H26N4OS. The highest BCUT2D eigenvalue weighted by atomic mass is 32.1. The molecule has 22 heavy (non-hydrogen) atoms. The van der Waals surface area contributed by atoms with E-state index in [2.05, 4.69) is 34.4 Å². The molecule has 2 aliphatic rings. The van der Waals surface area contributed by atoms with Gasteiger partial charge in [0.05, 0.1) is 6.04 Å². The van der Waals surface area contributed by atoms with Crippen molar-refractivity contribution < 1.29 is 4.79 Å². The van der Waals surface area contributed by atoms with Gasteiger partial charge in [-0.1, -0.05) is 0 Å².